The van der Waals surface area contributed by atoms with Gasteiger partial charge in [0.1, 0.15) is 11.6 Å². The zero-order valence-corrected chi connectivity index (χ0v) is 12.5. The van der Waals surface area contributed by atoms with Crippen LogP contribution >= 0.6 is 0 Å². The van der Waals surface area contributed by atoms with Gasteiger partial charge in [-0.05, 0) is 65.2 Å². The second-order valence-corrected chi connectivity index (χ2v) is 7.05. The summed E-state index contributed by atoms with van der Waals surface area (Å²) >= 11 is 0. The second-order valence-electron chi connectivity index (χ2n) is 7.05. The molecule has 0 aromatic rings. The van der Waals surface area contributed by atoms with Crippen LogP contribution in [0.5, 0.6) is 0 Å². The lowest BCUT2D eigenvalue weighted by molar-refractivity contribution is -0.150. The molecule has 0 N–H and O–H groups in total. The third kappa shape index (κ3) is 1.19. The summed E-state index contributed by atoms with van der Waals surface area (Å²) in [5, 5.41) is 0. The van der Waals surface area contributed by atoms with Crippen molar-refractivity contribution in [1.29, 1.82) is 0 Å². The number of carbonyl (C=O) groups excluding carboxylic acids is 2. The van der Waals surface area contributed by atoms with Crippen molar-refractivity contribution in [1.82, 2.24) is 0 Å². The fraction of sp³-hybridized carbons (Fsp3) is 0.765. The lowest BCUT2D eigenvalue weighted by Crippen LogP contribution is -2.51. The molecule has 0 amide bonds. The van der Waals surface area contributed by atoms with Crippen molar-refractivity contribution in [3.63, 3.8) is 0 Å². The zero-order valence-electron chi connectivity index (χ0n) is 12.5. The van der Waals surface area contributed by atoms with Gasteiger partial charge in [-0.2, -0.15) is 0 Å². The predicted molar refractivity (Wildman–Crippen MR) is 74.7 cm³/mol. The molecule has 19 heavy (non-hydrogen) atoms. The number of Topliss-reactive ketones (excluding diaryl/α,β-unsaturated/α-hetero) is 2. The third-order valence-electron chi connectivity index (χ3n) is 6.46. The van der Waals surface area contributed by atoms with E-state index >= 15 is 0 Å². The summed E-state index contributed by atoms with van der Waals surface area (Å²) in [6, 6.07) is 0. The highest BCUT2D eigenvalue weighted by molar-refractivity contribution is 5.97. The summed E-state index contributed by atoms with van der Waals surface area (Å²) in [7, 11) is 0. The van der Waals surface area contributed by atoms with Gasteiger partial charge in [0.05, 0.1) is 0 Å². The maximum absolute atomic E-state index is 12.5. The molecule has 3 saturated carbocycles. The molecule has 104 valence electrons. The average Bonchev–Trinajstić information content (AvgIpc) is 2.96. The van der Waals surface area contributed by atoms with Crippen LogP contribution in [0.4, 0.5) is 0 Å². The van der Waals surface area contributed by atoms with Crippen LogP contribution in [0.3, 0.4) is 0 Å². The van der Waals surface area contributed by atoms with Gasteiger partial charge in [-0.25, -0.2) is 0 Å². The van der Waals surface area contributed by atoms with E-state index in [4.69, 9.17) is 0 Å². The van der Waals surface area contributed by atoms with Gasteiger partial charge >= 0.3 is 0 Å². The fourth-order valence-corrected chi connectivity index (χ4v) is 6.14. The first-order valence-corrected chi connectivity index (χ1v) is 7.59. The SMILES string of the molecule is CC(=O)[C@]12CCC[C@@]1(C(C)=O)[C@@H]1CC[C@H]2C1=C(C)C. The number of hydrogen-bond acceptors (Lipinski definition) is 2. The topological polar surface area (TPSA) is 34.1 Å². The van der Waals surface area contributed by atoms with E-state index in [0.29, 0.717) is 11.8 Å². The molecular weight excluding hydrogens is 236 g/mol. The molecule has 3 rings (SSSR count). The number of ketones is 2. The molecule has 0 radical (unpaired) electrons. The van der Waals surface area contributed by atoms with Crippen molar-refractivity contribution in [3.8, 4) is 0 Å². The first kappa shape index (κ1) is 13.1. The van der Waals surface area contributed by atoms with E-state index in [2.05, 4.69) is 13.8 Å². The maximum Gasteiger partial charge on any atom is 0.137 e. The van der Waals surface area contributed by atoms with Crippen molar-refractivity contribution < 1.29 is 9.59 Å². The molecular formula is C17H24O2. The Morgan fingerprint density at radius 3 is 1.63 bits per heavy atom. The summed E-state index contributed by atoms with van der Waals surface area (Å²) < 4.78 is 0. The molecule has 0 aromatic carbocycles. The van der Waals surface area contributed by atoms with Gasteiger partial charge < -0.3 is 0 Å². The number of carbonyl (C=O) groups is 2. The molecule has 2 bridgehead atoms. The summed E-state index contributed by atoms with van der Waals surface area (Å²) in [6.07, 6.45) is 5.13. The lowest BCUT2D eigenvalue weighted by atomic mass is 9.54. The van der Waals surface area contributed by atoms with Gasteiger partial charge in [-0.3, -0.25) is 9.59 Å². The molecule has 2 heteroatoms. The zero-order chi connectivity index (χ0) is 14.0. The van der Waals surface area contributed by atoms with Gasteiger partial charge in [-0.15, -0.1) is 0 Å². The summed E-state index contributed by atoms with van der Waals surface area (Å²) in [5.74, 6) is 1.25. The molecule has 0 spiro atoms. The van der Waals surface area contributed by atoms with E-state index in [9.17, 15) is 9.59 Å². The first-order valence-electron chi connectivity index (χ1n) is 7.59. The van der Waals surface area contributed by atoms with Crippen molar-refractivity contribution in [2.45, 2.75) is 59.8 Å². The third-order valence-corrected chi connectivity index (χ3v) is 6.46. The molecule has 0 saturated heterocycles. The minimum Gasteiger partial charge on any atom is -0.299 e. The molecule has 0 heterocycles. The van der Waals surface area contributed by atoms with Crippen LogP contribution < -0.4 is 0 Å². The Bertz CT molecular complexity index is 459. The van der Waals surface area contributed by atoms with E-state index in [1.54, 1.807) is 13.8 Å². The Morgan fingerprint density at radius 2 is 1.32 bits per heavy atom. The minimum absolute atomic E-state index is 0.270. The van der Waals surface area contributed by atoms with Gasteiger partial charge in [0.25, 0.3) is 0 Å². The molecule has 0 aliphatic heterocycles. The standard InChI is InChI=1S/C17H24O2/c1-10(2)15-13-6-7-14(15)17(12(4)19)9-5-8-16(13,17)11(3)18/h13-14H,5-9H2,1-4H3/t13-,14+,16-,17+. The average molecular weight is 260 g/mol. The normalized spacial score (nSPS) is 43.5. The molecule has 0 aromatic heterocycles. The van der Waals surface area contributed by atoms with Crippen molar-refractivity contribution in [3.05, 3.63) is 11.1 Å². The summed E-state index contributed by atoms with van der Waals surface area (Å²) in [5.41, 5.74) is 2.11. The Morgan fingerprint density at radius 1 is 0.895 bits per heavy atom. The van der Waals surface area contributed by atoms with Gasteiger partial charge in [-0.1, -0.05) is 17.6 Å². The van der Waals surface area contributed by atoms with Crippen molar-refractivity contribution in [2.24, 2.45) is 22.7 Å². The van der Waals surface area contributed by atoms with Gasteiger partial charge in [0.2, 0.25) is 0 Å². The van der Waals surface area contributed by atoms with E-state index in [1.165, 1.54) is 11.1 Å². The number of fused-ring (bicyclic) bond motifs is 5. The Hall–Kier alpha value is -0.920. The number of hydrogen-bond donors (Lipinski definition) is 0. The monoisotopic (exact) mass is 260 g/mol. The largest absolute Gasteiger partial charge is 0.299 e. The highest BCUT2D eigenvalue weighted by atomic mass is 16.1. The van der Waals surface area contributed by atoms with E-state index < -0.39 is 0 Å². The van der Waals surface area contributed by atoms with E-state index in [-0.39, 0.29) is 22.4 Å². The van der Waals surface area contributed by atoms with Crippen LogP contribution in [-0.2, 0) is 9.59 Å². The first-order chi connectivity index (χ1) is 8.89. The highest BCUT2D eigenvalue weighted by Gasteiger charge is 2.74. The smallest absolute Gasteiger partial charge is 0.137 e. The second kappa shape index (κ2) is 3.80. The van der Waals surface area contributed by atoms with Gasteiger partial charge in [0, 0.05) is 10.8 Å². The Balaban J connectivity index is 2.29. The molecule has 2 nitrogen and oxygen atoms in total. The Kier molecular flexibility index (Phi) is 2.62. The Labute approximate surface area is 115 Å². The van der Waals surface area contributed by atoms with Crippen LogP contribution in [0.1, 0.15) is 59.8 Å². The number of rotatable bonds is 2. The highest BCUT2D eigenvalue weighted by Crippen LogP contribution is 2.76. The van der Waals surface area contributed by atoms with E-state index in [0.717, 1.165) is 32.1 Å². The van der Waals surface area contributed by atoms with Crippen LogP contribution in [0.25, 0.3) is 0 Å². The van der Waals surface area contributed by atoms with Crippen LogP contribution in [-0.4, -0.2) is 11.6 Å². The lowest BCUT2D eigenvalue weighted by Gasteiger charge is -2.45. The van der Waals surface area contributed by atoms with E-state index in [1.807, 2.05) is 0 Å². The molecule has 4 atom stereocenters. The number of allylic oxidation sites excluding steroid dienone is 2. The van der Waals surface area contributed by atoms with Gasteiger partial charge in [0.15, 0.2) is 0 Å². The van der Waals surface area contributed by atoms with Crippen LogP contribution in [0.15, 0.2) is 11.1 Å². The molecule has 3 aliphatic rings. The summed E-state index contributed by atoms with van der Waals surface area (Å²) in [4.78, 5) is 25.1. The molecule has 0 unspecified atom stereocenters. The molecule has 3 aliphatic carbocycles. The van der Waals surface area contributed by atoms with Crippen molar-refractivity contribution >= 4 is 11.6 Å². The summed E-state index contributed by atoms with van der Waals surface area (Å²) in [6.45, 7) is 7.77. The van der Waals surface area contributed by atoms with Crippen LogP contribution in [0, 0.1) is 22.7 Å². The molecule has 3 fully saturated rings. The van der Waals surface area contributed by atoms with Crippen molar-refractivity contribution in [2.75, 3.05) is 0 Å². The maximum atomic E-state index is 12.5. The fourth-order valence-electron chi connectivity index (χ4n) is 6.14. The predicted octanol–water partition coefficient (Wildman–Crippen LogP) is 3.70. The minimum atomic E-state index is -0.353. The quantitative estimate of drug-likeness (QED) is 0.709. The van der Waals surface area contributed by atoms with Crippen LogP contribution in [0.2, 0.25) is 0 Å².